The number of terminal acetylenes is 1. The number of likely N-dealkylation sites (tertiary alicyclic amines) is 1. The van der Waals surface area contributed by atoms with Gasteiger partial charge in [0.15, 0.2) is 0 Å². The van der Waals surface area contributed by atoms with Crippen LogP contribution in [0.1, 0.15) is 12.8 Å². The van der Waals surface area contributed by atoms with Gasteiger partial charge in [-0.15, -0.1) is 12.3 Å². The number of hydrogen-bond acceptors (Lipinski definition) is 2. The summed E-state index contributed by atoms with van der Waals surface area (Å²) in [6.07, 6.45) is 7.33. The van der Waals surface area contributed by atoms with Crippen LogP contribution in [-0.2, 0) is 0 Å². The SMILES string of the molecule is C#CCCNCC1CCN(C)C1. The molecule has 1 heterocycles. The number of nitrogens with zero attached hydrogens (tertiary/aromatic N) is 1. The molecular weight excluding hydrogens is 148 g/mol. The fourth-order valence-electron chi connectivity index (χ4n) is 1.66. The zero-order chi connectivity index (χ0) is 8.81. The van der Waals surface area contributed by atoms with Gasteiger partial charge < -0.3 is 10.2 Å². The van der Waals surface area contributed by atoms with Crippen molar-refractivity contribution in [1.29, 1.82) is 0 Å². The van der Waals surface area contributed by atoms with E-state index in [0.29, 0.717) is 0 Å². The maximum absolute atomic E-state index is 5.15. The third-order valence-corrected chi connectivity index (χ3v) is 2.37. The van der Waals surface area contributed by atoms with Gasteiger partial charge in [-0.2, -0.15) is 0 Å². The molecule has 2 heteroatoms. The van der Waals surface area contributed by atoms with Gasteiger partial charge in [-0.1, -0.05) is 0 Å². The Morgan fingerprint density at radius 2 is 2.50 bits per heavy atom. The summed E-state index contributed by atoms with van der Waals surface area (Å²) in [6.45, 7) is 4.59. The molecule has 12 heavy (non-hydrogen) atoms. The molecule has 0 radical (unpaired) electrons. The lowest BCUT2D eigenvalue weighted by Gasteiger charge is -2.10. The van der Waals surface area contributed by atoms with E-state index in [1.165, 1.54) is 19.5 Å². The standard InChI is InChI=1S/C10H18N2/c1-3-4-6-11-8-10-5-7-12(2)9-10/h1,10-11H,4-9H2,2H3. The molecule has 0 spiro atoms. The van der Waals surface area contributed by atoms with E-state index >= 15 is 0 Å². The van der Waals surface area contributed by atoms with Crippen molar-refractivity contribution in [2.75, 3.05) is 33.2 Å². The van der Waals surface area contributed by atoms with Crippen LogP contribution in [0.5, 0.6) is 0 Å². The van der Waals surface area contributed by atoms with Gasteiger partial charge in [-0.25, -0.2) is 0 Å². The normalized spacial score (nSPS) is 24.2. The fourth-order valence-corrected chi connectivity index (χ4v) is 1.66. The van der Waals surface area contributed by atoms with Crippen molar-refractivity contribution in [3.8, 4) is 12.3 Å². The van der Waals surface area contributed by atoms with Gasteiger partial charge >= 0.3 is 0 Å². The van der Waals surface area contributed by atoms with Crippen LogP contribution in [0.3, 0.4) is 0 Å². The molecule has 1 N–H and O–H groups in total. The Labute approximate surface area is 75.3 Å². The van der Waals surface area contributed by atoms with E-state index in [4.69, 9.17) is 6.42 Å². The largest absolute Gasteiger partial charge is 0.315 e. The minimum absolute atomic E-state index is 0.841. The van der Waals surface area contributed by atoms with Gasteiger partial charge in [0, 0.05) is 19.5 Å². The van der Waals surface area contributed by atoms with Crippen molar-refractivity contribution in [3.63, 3.8) is 0 Å². The molecule has 2 nitrogen and oxygen atoms in total. The lowest BCUT2D eigenvalue weighted by molar-refractivity contribution is 0.389. The molecule has 0 aromatic heterocycles. The number of rotatable bonds is 4. The summed E-state index contributed by atoms with van der Waals surface area (Å²) in [5, 5.41) is 3.38. The van der Waals surface area contributed by atoms with Crippen molar-refractivity contribution in [1.82, 2.24) is 10.2 Å². The molecule has 1 aliphatic heterocycles. The summed E-state index contributed by atoms with van der Waals surface area (Å²) in [5.41, 5.74) is 0. The molecule has 68 valence electrons. The third kappa shape index (κ3) is 3.25. The summed E-state index contributed by atoms with van der Waals surface area (Å²) in [6, 6.07) is 0. The van der Waals surface area contributed by atoms with Crippen molar-refractivity contribution in [2.24, 2.45) is 5.92 Å². The third-order valence-electron chi connectivity index (χ3n) is 2.37. The second-order valence-electron chi connectivity index (χ2n) is 3.58. The van der Waals surface area contributed by atoms with Crippen LogP contribution in [0, 0.1) is 18.3 Å². The van der Waals surface area contributed by atoms with Crippen LogP contribution in [0.25, 0.3) is 0 Å². The van der Waals surface area contributed by atoms with Crippen LogP contribution in [0.2, 0.25) is 0 Å². The van der Waals surface area contributed by atoms with Gasteiger partial charge in [-0.05, 0) is 32.5 Å². The first-order valence-corrected chi connectivity index (χ1v) is 4.65. The highest BCUT2D eigenvalue weighted by Gasteiger charge is 2.18. The van der Waals surface area contributed by atoms with E-state index in [1.807, 2.05) is 0 Å². The average Bonchev–Trinajstić information content (AvgIpc) is 2.45. The molecule has 0 aromatic rings. The van der Waals surface area contributed by atoms with Crippen LogP contribution in [0.4, 0.5) is 0 Å². The van der Waals surface area contributed by atoms with Gasteiger partial charge in [-0.3, -0.25) is 0 Å². The second-order valence-corrected chi connectivity index (χ2v) is 3.58. The van der Waals surface area contributed by atoms with Crippen molar-refractivity contribution in [2.45, 2.75) is 12.8 Å². The molecule has 1 fully saturated rings. The smallest absolute Gasteiger partial charge is 0.0211 e. The van der Waals surface area contributed by atoms with Gasteiger partial charge in [0.1, 0.15) is 0 Å². The van der Waals surface area contributed by atoms with Gasteiger partial charge in [0.05, 0.1) is 0 Å². The molecule has 1 saturated heterocycles. The monoisotopic (exact) mass is 166 g/mol. The summed E-state index contributed by atoms with van der Waals surface area (Å²) in [4.78, 5) is 2.38. The predicted molar refractivity (Wildman–Crippen MR) is 51.9 cm³/mol. The Morgan fingerprint density at radius 3 is 3.08 bits per heavy atom. The van der Waals surface area contributed by atoms with Crippen molar-refractivity contribution in [3.05, 3.63) is 0 Å². The topological polar surface area (TPSA) is 15.3 Å². The molecule has 0 aromatic carbocycles. The summed E-state index contributed by atoms with van der Waals surface area (Å²) in [5.74, 6) is 3.47. The molecule has 0 amide bonds. The Morgan fingerprint density at radius 1 is 1.67 bits per heavy atom. The average molecular weight is 166 g/mol. The summed E-state index contributed by atoms with van der Waals surface area (Å²) < 4.78 is 0. The number of hydrogen-bond donors (Lipinski definition) is 1. The van der Waals surface area contributed by atoms with Crippen LogP contribution < -0.4 is 5.32 Å². The maximum Gasteiger partial charge on any atom is 0.0211 e. The van der Waals surface area contributed by atoms with Crippen LogP contribution >= 0.6 is 0 Å². The molecule has 1 unspecified atom stereocenters. The minimum Gasteiger partial charge on any atom is -0.315 e. The summed E-state index contributed by atoms with van der Waals surface area (Å²) >= 11 is 0. The Kier molecular flexibility index (Phi) is 4.13. The minimum atomic E-state index is 0.841. The van der Waals surface area contributed by atoms with E-state index in [9.17, 15) is 0 Å². The first-order chi connectivity index (χ1) is 5.83. The van der Waals surface area contributed by atoms with Gasteiger partial charge in [0.2, 0.25) is 0 Å². The highest BCUT2D eigenvalue weighted by Crippen LogP contribution is 2.12. The first kappa shape index (κ1) is 9.57. The molecule has 1 rings (SSSR count). The quantitative estimate of drug-likeness (QED) is 0.485. The fraction of sp³-hybridized carbons (Fsp3) is 0.800. The Hall–Kier alpha value is -0.520. The second kappa shape index (κ2) is 5.18. The molecule has 1 atom stereocenters. The van der Waals surface area contributed by atoms with Crippen LogP contribution in [-0.4, -0.2) is 38.1 Å². The number of nitrogens with one attached hydrogen (secondary N) is 1. The van der Waals surface area contributed by atoms with E-state index < -0.39 is 0 Å². The van der Waals surface area contributed by atoms with Crippen molar-refractivity contribution >= 4 is 0 Å². The molecular formula is C10H18N2. The molecule has 1 aliphatic rings. The Balaban J connectivity index is 1.97. The van der Waals surface area contributed by atoms with E-state index in [0.717, 1.165) is 25.4 Å². The molecule has 0 aliphatic carbocycles. The predicted octanol–water partition coefficient (Wildman–Crippen LogP) is 0.551. The lowest BCUT2D eigenvalue weighted by atomic mass is 10.1. The zero-order valence-electron chi connectivity index (χ0n) is 7.84. The first-order valence-electron chi connectivity index (χ1n) is 4.65. The molecule has 0 saturated carbocycles. The van der Waals surface area contributed by atoms with Crippen LogP contribution in [0.15, 0.2) is 0 Å². The molecule has 0 bridgehead atoms. The van der Waals surface area contributed by atoms with E-state index in [-0.39, 0.29) is 0 Å². The zero-order valence-corrected chi connectivity index (χ0v) is 7.84. The van der Waals surface area contributed by atoms with E-state index in [1.54, 1.807) is 0 Å². The Bertz CT molecular complexity index is 160. The highest BCUT2D eigenvalue weighted by molar-refractivity contribution is 4.84. The summed E-state index contributed by atoms with van der Waals surface area (Å²) in [7, 11) is 2.18. The van der Waals surface area contributed by atoms with Crippen molar-refractivity contribution < 1.29 is 0 Å². The maximum atomic E-state index is 5.15. The lowest BCUT2D eigenvalue weighted by Crippen LogP contribution is -2.25. The highest BCUT2D eigenvalue weighted by atomic mass is 15.1. The van der Waals surface area contributed by atoms with E-state index in [2.05, 4.69) is 23.2 Å². The van der Waals surface area contributed by atoms with Gasteiger partial charge in [0.25, 0.3) is 0 Å².